The highest BCUT2D eigenvalue weighted by atomic mass is 16.6. The van der Waals surface area contributed by atoms with Gasteiger partial charge in [0.15, 0.2) is 0 Å². The molecule has 0 aliphatic heterocycles. The van der Waals surface area contributed by atoms with Gasteiger partial charge in [0, 0.05) is 12.5 Å². The molecule has 1 aliphatic rings. The first-order valence-corrected chi connectivity index (χ1v) is 8.36. The van der Waals surface area contributed by atoms with Gasteiger partial charge >= 0.3 is 6.09 Å². The Hall–Kier alpha value is -1.49. The number of hydrogen-bond donors (Lipinski definition) is 2. The van der Waals surface area contributed by atoms with Crippen molar-refractivity contribution in [2.75, 3.05) is 6.54 Å². The molecule has 1 aromatic heterocycles. The molecule has 1 fully saturated rings. The van der Waals surface area contributed by atoms with Gasteiger partial charge in [0.1, 0.15) is 17.1 Å². The van der Waals surface area contributed by atoms with Gasteiger partial charge in [-0.25, -0.2) is 4.79 Å². The molecule has 1 aromatic rings. The zero-order chi connectivity index (χ0) is 17.3. The van der Waals surface area contributed by atoms with Gasteiger partial charge in [-0.2, -0.15) is 0 Å². The average Bonchev–Trinajstić information content (AvgIpc) is 2.90. The van der Waals surface area contributed by atoms with Gasteiger partial charge in [-0.05, 0) is 59.1 Å². The van der Waals surface area contributed by atoms with E-state index in [2.05, 4.69) is 23.6 Å². The maximum atomic E-state index is 11.8. The second kappa shape index (κ2) is 6.56. The summed E-state index contributed by atoms with van der Waals surface area (Å²) in [6, 6.07) is 4.11. The van der Waals surface area contributed by atoms with Crippen LogP contribution in [0, 0.1) is 5.92 Å². The highest BCUT2D eigenvalue weighted by Gasteiger charge is 2.36. The molecule has 5 nitrogen and oxygen atoms in total. The van der Waals surface area contributed by atoms with Crippen molar-refractivity contribution in [2.24, 2.45) is 5.92 Å². The van der Waals surface area contributed by atoms with Crippen molar-refractivity contribution in [1.82, 2.24) is 10.6 Å². The van der Waals surface area contributed by atoms with E-state index in [0.29, 0.717) is 19.0 Å². The summed E-state index contributed by atoms with van der Waals surface area (Å²) in [4.78, 5) is 11.8. The van der Waals surface area contributed by atoms with Crippen molar-refractivity contribution in [3.05, 3.63) is 23.7 Å². The van der Waals surface area contributed by atoms with Crippen molar-refractivity contribution in [1.29, 1.82) is 0 Å². The van der Waals surface area contributed by atoms with Gasteiger partial charge in [0.05, 0.1) is 12.1 Å². The third-order valence-corrected chi connectivity index (χ3v) is 3.86. The molecule has 2 N–H and O–H groups in total. The van der Waals surface area contributed by atoms with Gasteiger partial charge in [0.25, 0.3) is 0 Å². The van der Waals surface area contributed by atoms with Crippen LogP contribution < -0.4 is 10.6 Å². The Morgan fingerprint density at radius 2 is 1.96 bits per heavy atom. The third kappa shape index (κ3) is 5.90. The van der Waals surface area contributed by atoms with E-state index < -0.39 is 17.2 Å². The fraction of sp³-hybridized carbons (Fsp3) is 0.722. The summed E-state index contributed by atoms with van der Waals surface area (Å²) in [5.74, 6) is 3.39. The second-order valence-electron chi connectivity index (χ2n) is 8.24. The van der Waals surface area contributed by atoms with E-state index >= 15 is 0 Å². The SMILES string of the molecule is CC1CC1c1ccc(CNCC(C)(C)NC(=O)OC(C)(C)C)o1. The van der Waals surface area contributed by atoms with Crippen molar-refractivity contribution >= 4 is 6.09 Å². The molecular formula is C18H30N2O3. The normalized spacial score (nSPS) is 21.1. The van der Waals surface area contributed by atoms with Crippen LogP contribution in [-0.4, -0.2) is 23.8 Å². The molecule has 0 aromatic carbocycles. The van der Waals surface area contributed by atoms with Gasteiger partial charge in [-0.15, -0.1) is 0 Å². The van der Waals surface area contributed by atoms with Crippen LogP contribution in [0.25, 0.3) is 0 Å². The van der Waals surface area contributed by atoms with Crippen LogP contribution in [0.4, 0.5) is 4.79 Å². The molecule has 2 atom stereocenters. The summed E-state index contributed by atoms with van der Waals surface area (Å²) >= 11 is 0. The van der Waals surface area contributed by atoms with Crippen LogP contribution in [0.1, 0.15) is 65.4 Å². The fourth-order valence-electron chi connectivity index (χ4n) is 2.53. The summed E-state index contributed by atoms with van der Waals surface area (Å²) in [5.41, 5.74) is -0.888. The molecule has 5 heteroatoms. The molecule has 1 heterocycles. The first-order valence-electron chi connectivity index (χ1n) is 8.36. The quantitative estimate of drug-likeness (QED) is 0.836. The number of ether oxygens (including phenoxy) is 1. The predicted octanol–water partition coefficient (Wildman–Crippen LogP) is 3.80. The lowest BCUT2D eigenvalue weighted by molar-refractivity contribution is 0.0472. The van der Waals surface area contributed by atoms with E-state index in [0.717, 1.165) is 17.4 Å². The zero-order valence-corrected chi connectivity index (χ0v) is 15.2. The van der Waals surface area contributed by atoms with Crippen LogP contribution in [0.3, 0.4) is 0 Å². The van der Waals surface area contributed by atoms with Crippen molar-refractivity contribution in [3.63, 3.8) is 0 Å². The summed E-state index contributed by atoms with van der Waals surface area (Å²) in [6.07, 6.45) is 0.833. The Morgan fingerprint density at radius 3 is 2.52 bits per heavy atom. The molecule has 0 saturated heterocycles. The highest BCUT2D eigenvalue weighted by Crippen LogP contribution is 2.47. The molecule has 2 unspecified atom stereocenters. The predicted molar refractivity (Wildman–Crippen MR) is 90.4 cm³/mol. The van der Waals surface area contributed by atoms with E-state index in [4.69, 9.17) is 9.15 Å². The van der Waals surface area contributed by atoms with Crippen LogP contribution in [0.2, 0.25) is 0 Å². The number of amides is 1. The minimum Gasteiger partial charge on any atom is -0.464 e. The Bertz CT molecular complexity index is 543. The lowest BCUT2D eigenvalue weighted by atomic mass is 10.1. The van der Waals surface area contributed by atoms with Crippen LogP contribution in [-0.2, 0) is 11.3 Å². The number of carbonyl (C=O) groups is 1. The Balaban J connectivity index is 1.73. The van der Waals surface area contributed by atoms with Crippen LogP contribution in [0.15, 0.2) is 16.5 Å². The largest absolute Gasteiger partial charge is 0.464 e. The summed E-state index contributed by atoms with van der Waals surface area (Å²) in [7, 11) is 0. The van der Waals surface area contributed by atoms with Crippen molar-refractivity contribution < 1.29 is 13.9 Å². The minimum atomic E-state index is -0.488. The number of carbonyl (C=O) groups excluding carboxylic acids is 1. The van der Waals surface area contributed by atoms with Crippen LogP contribution >= 0.6 is 0 Å². The van der Waals surface area contributed by atoms with Gasteiger partial charge in [-0.1, -0.05) is 6.92 Å². The monoisotopic (exact) mass is 322 g/mol. The molecule has 2 rings (SSSR count). The number of nitrogens with one attached hydrogen (secondary N) is 2. The molecule has 0 spiro atoms. The zero-order valence-electron chi connectivity index (χ0n) is 15.2. The molecule has 23 heavy (non-hydrogen) atoms. The van der Waals surface area contributed by atoms with Crippen molar-refractivity contribution in [3.8, 4) is 0 Å². The Kier molecular flexibility index (Phi) is 5.09. The molecular weight excluding hydrogens is 292 g/mol. The first kappa shape index (κ1) is 17.9. The van der Waals surface area contributed by atoms with E-state index in [1.165, 1.54) is 6.42 Å². The summed E-state index contributed by atoms with van der Waals surface area (Å²) in [5, 5.41) is 6.21. The van der Waals surface area contributed by atoms with Gasteiger partial charge in [-0.3, -0.25) is 0 Å². The number of hydrogen-bond acceptors (Lipinski definition) is 4. The van der Waals surface area contributed by atoms with E-state index in [-0.39, 0.29) is 0 Å². The van der Waals surface area contributed by atoms with Gasteiger partial charge in [0.2, 0.25) is 0 Å². The molecule has 0 bridgehead atoms. The lowest BCUT2D eigenvalue weighted by Gasteiger charge is -2.28. The van der Waals surface area contributed by atoms with E-state index in [1.807, 2.05) is 40.7 Å². The molecule has 0 radical (unpaired) electrons. The number of furan rings is 1. The third-order valence-electron chi connectivity index (χ3n) is 3.86. The number of rotatable bonds is 6. The number of alkyl carbamates (subject to hydrolysis) is 1. The standard InChI is InChI=1S/C18H30N2O3/c1-12-9-14(12)15-8-7-13(22-15)10-19-11-18(5,6)20-16(21)23-17(2,3)4/h7-8,12,14,19H,9-11H2,1-6H3,(H,20,21). The fourth-order valence-corrected chi connectivity index (χ4v) is 2.53. The maximum Gasteiger partial charge on any atom is 0.408 e. The Morgan fingerprint density at radius 1 is 1.30 bits per heavy atom. The molecule has 1 aliphatic carbocycles. The maximum absolute atomic E-state index is 11.8. The molecule has 1 saturated carbocycles. The Labute approximate surface area is 139 Å². The topological polar surface area (TPSA) is 63.5 Å². The van der Waals surface area contributed by atoms with Crippen molar-refractivity contribution in [2.45, 2.75) is 71.6 Å². The minimum absolute atomic E-state index is 0.396. The summed E-state index contributed by atoms with van der Waals surface area (Å²) in [6.45, 7) is 13.0. The summed E-state index contributed by atoms with van der Waals surface area (Å²) < 4.78 is 11.2. The molecule has 130 valence electrons. The second-order valence-corrected chi connectivity index (χ2v) is 8.24. The van der Waals surface area contributed by atoms with E-state index in [9.17, 15) is 4.79 Å². The molecule has 1 amide bonds. The average molecular weight is 322 g/mol. The smallest absolute Gasteiger partial charge is 0.408 e. The van der Waals surface area contributed by atoms with E-state index in [1.54, 1.807) is 0 Å². The first-order chi connectivity index (χ1) is 10.6. The van der Waals surface area contributed by atoms with Gasteiger partial charge < -0.3 is 19.8 Å². The lowest BCUT2D eigenvalue weighted by Crippen LogP contribution is -2.51. The highest BCUT2D eigenvalue weighted by molar-refractivity contribution is 5.68. The van der Waals surface area contributed by atoms with Crippen LogP contribution in [0.5, 0.6) is 0 Å².